The molecule has 0 aliphatic carbocycles. The van der Waals surface area contributed by atoms with Crippen molar-refractivity contribution < 1.29 is 9.53 Å². The van der Waals surface area contributed by atoms with Gasteiger partial charge in [0.2, 0.25) is 0 Å². The van der Waals surface area contributed by atoms with Crippen LogP contribution in [-0.2, 0) is 4.74 Å². The van der Waals surface area contributed by atoms with Crippen LogP contribution in [0.2, 0.25) is 0 Å². The van der Waals surface area contributed by atoms with E-state index in [0.717, 1.165) is 9.86 Å². The molecule has 6 heteroatoms. The average molecular weight is 283 g/mol. The molecule has 0 radical (unpaired) electrons. The van der Waals surface area contributed by atoms with Crippen LogP contribution in [0.3, 0.4) is 0 Å². The van der Waals surface area contributed by atoms with Crippen molar-refractivity contribution in [3.8, 4) is 0 Å². The van der Waals surface area contributed by atoms with Crippen LogP contribution in [0.25, 0.3) is 10.9 Å². The Hall–Kier alpha value is -1.69. The lowest BCUT2D eigenvalue weighted by Gasteiger charge is -1.95. The number of nitrogens with zero attached hydrogens (tertiary/aromatic N) is 1. The first-order chi connectivity index (χ1) is 7.65. The second-order valence-electron chi connectivity index (χ2n) is 3.16. The van der Waals surface area contributed by atoms with E-state index in [0.29, 0.717) is 11.2 Å². The lowest BCUT2D eigenvalue weighted by molar-refractivity contribution is 0.0595. The van der Waals surface area contributed by atoms with Gasteiger partial charge in [-0.1, -0.05) is 15.9 Å². The van der Waals surface area contributed by atoms with Gasteiger partial charge in [0.25, 0.3) is 0 Å². The van der Waals surface area contributed by atoms with E-state index in [4.69, 9.17) is 0 Å². The van der Waals surface area contributed by atoms with E-state index < -0.39 is 5.97 Å². The van der Waals surface area contributed by atoms with Crippen LogP contribution in [0.5, 0.6) is 0 Å². The molecule has 1 aromatic heterocycles. The number of aromatic amines is 1. The van der Waals surface area contributed by atoms with Gasteiger partial charge in [-0.15, -0.1) is 4.91 Å². The van der Waals surface area contributed by atoms with Gasteiger partial charge in [0, 0.05) is 9.86 Å². The highest BCUT2D eigenvalue weighted by Crippen LogP contribution is 2.30. The van der Waals surface area contributed by atoms with Gasteiger partial charge in [0.05, 0.1) is 12.6 Å². The Morgan fingerprint density at radius 2 is 2.19 bits per heavy atom. The third-order valence-electron chi connectivity index (χ3n) is 2.18. The van der Waals surface area contributed by atoms with Crippen molar-refractivity contribution in [3.05, 3.63) is 33.3 Å². The largest absolute Gasteiger partial charge is 0.464 e. The van der Waals surface area contributed by atoms with Crippen molar-refractivity contribution in [2.75, 3.05) is 7.11 Å². The van der Waals surface area contributed by atoms with Gasteiger partial charge < -0.3 is 9.72 Å². The number of hydrogen-bond acceptors (Lipinski definition) is 4. The highest BCUT2D eigenvalue weighted by atomic mass is 79.9. The predicted octanol–water partition coefficient (Wildman–Crippen LogP) is 3.11. The fraction of sp³-hybridized carbons (Fsp3) is 0.100. The number of nitroso groups, excluding NO2 is 1. The Labute approximate surface area is 98.9 Å². The summed E-state index contributed by atoms with van der Waals surface area (Å²) in [6.07, 6.45) is 0. The zero-order chi connectivity index (χ0) is 11.7. The molecule has 0 bridgehead atoms. The normalized spacial score (nSPS) is 10.4. The number of rotatable bonds is 2. The Balaban J connectivity index is 2.69. The summed E-state index contributed by atoms with van der Waals surface area (Å²) in [6.45, 7) is 0. The fourth-order valence-electron chi connectivity index (χ4n) is 1.48. The smallest absolute Gasteiger partial charge is 0.354 e. The SMILES string of the molecule is COC(=O)c1cc2cc(Br)cc(N=O)c2[nH]1. The first kappa shape index (κ1) is 10.8. The highest BCUT2D eigenvalue weighted by Gasteiger charge is 2.12. The molecule has 0 unspecified atom stereocenters. The van der Waals surface area contributed by atoms with Gasteiger partial charge in [-0.25, -0.2) is 4.79 Å². The zero-order valence-electron chi connectivity index (χ0n) is 8.28. The summed E-state index contributed by atoms with van der Waals surface area (Å²) in [5.74, 6) is -0.482. The lowest BCUT2D eigenvalue weighted by atomic mass is 10.2. The molecular formula is C10H7BrN2O3. The number of carbonyl (C=O) groups excluding carboxylic acids is 1. The summed E-state index contributed by atoms with van der Waals surface area (Å²) < 4.78 is 5.31. The standard InChI is InChI=1S/C10H7BrN2O3/c1-16-10(14)8-3-5-2-6(11)4-7(13-15)9(5)12-8/h2-4,12H,1H3. The maximum atomic E-state index is 11.3. The molecule has 0 saturated heterocycles. The van der Waals surface area contributed by atoms with Crippen LogP contribution < -0.4 is 0 Å². The van der Waals surface area contributed by atoms with Gasteiger partial charge in [-0.05, 0) is 23.4 Å². The molecule has 0 spiro atoms. The Morgan fingerprint density at radius 1 is 1.44 bits per heavy atom. The van der Waals surface area contributed by atoms with E-state index in [-0.39, 0.29) is 5.69 Å². The number of methoxy groups -OCH3 is 1. The molecule has 1 heterocycles. The van der Waals surface area contributed by atoms with Gasteiger partial charge in [0.15, 0.2) is 0 Å². The second kappa shape index (κ2) is 4.05. The topological polar surface area (TPSA) is 71.5 Å². The molecule has 1 N–H and O–H groups in total. The molecule has 0 saturated carbocycles. The fourth-order valence-corrected chi connectivity index (χ4v) is 1.94. The van der Waals surface area contributed by atoms with E-state index in [2.05, 4.69) is 30.8 Å². The molecule has 16 heavy (non-hydrogen) atoms. The molecule has 0 atom stereocenters. The number of carbonyl (C=O) groups is 1. The van der Waals surface area contributed by atoms with E-state index in [1.165, 1.54) is 7.11 Å². The van der Waals surface area contributed by atoms with Crippen LogP contribution in [0.4, 0.5) is 5.69 Å². The summed E-state index contributed by atoms with van der Waals surface area (Å²) in [6, 6.07) is 4.97. The molecule has 82 valence electrons. The summed E-state index contributed by atoms with van der Waals surface area (Å²) in [5, 5.41) is 3.62. The quantitative estimate of drug-likeness (QED) is 0.679. The molecule has 1 aromatic carbocycles. The minimum absolute atomic E-state index is 0.250. The van der Waals surface area contributed by atoms with E-state index >= 15 is 0 Å². The van der Waals surface area contributed by atoms with Crippen molar-refractivity contribution in [2.45, 2.75) is 0 Å². The molecule has 2 aromatic rings. The van der Waals surface area contributed by atoms with Crippen molar-refractivity contribution >= 4 is 38.5 Å². The Bertz CT molecular complexity index is 577. The second-order valence-corrected chi connectivity index (χ2v) is 4.07. The summed E-state index contributed by atoms with van der Waals surface area (Å²) in [7, 11) is 1.29. The Morgan fingerprint density at radius 3 is 2.81 bits per heavy atom. The van der Waals surface area contributed by atoms with E-state index in [9.17, 15) is 9.70 Å². The molecule has 5 nitrogen and oxygen atoms in total. The minimum Gasteiger partial charge on any atom is -0.464 e. The molecule has 0 aliphatic rings. The van der Waals surface area contributed by atoms with E-state index in [1.807, 2.05) is 0 Å². The number of H-pyrrole nitrogens is 1. The summed E-state index contributed by atoms with van der Waals surface area (Å²) in [5.41, 5.74) is 1.07. The van der Waals surface area contributed by atoms with Crippen LogP contribution in [0, 0.1) is 4.91 Å². The molecule has 0 aliphatic heterocycles. The Kier molecular flexibility index (Phi) is 2.74. The number of benzene rings is 1. The number of ether oxygens (including phenoxy) is 1. The lowest BCUT2D eigenvalue weighted by Crippen LogP contribution is -2.00. The average Bonchev–Trinajstić information content (AvgIpc) is 2.70. The molecular weight excluding hydrogens is 276 g/mol. The maximum Gasteiger partial charge on any atom is 0.354 e. The van der Waals surface area contributed by atoms with Gasteiger partial charge in [-0.3, -0.25) is 0 Å². The number of aromatic nitrogens is 1. The van der Waals surface area contributed by atoms with Crippen molar-refractivity contribution in [2.24, 2.45) is 5.18 Å². The summed E-state index contributed by atoms with van der Waals surface area (Å²) >= 11 is 3.26. The van der Waals surface area contributed by atoms with Gasteiger partial charge >= 0.3 is 5.97 Å². The third kappa shape index (κ3) is 1.71. The minimum atomic E-state index is -0.482. The first-order valence-electron chi connectivity index (χ1n) is 4.39. The first-order valence-corrected chi connectivity index (χ1v) is 5.19. The van der Waals surface area contributed by atoms with Crippen molar-refractivity contribution in [3.63, 3.8) is 0 Å². The number of esters is 1. The highest BCUT2D eigenvalue weighted by molar-refractivity contribution is 9.10. The maximum absolute atomic E-state index is 11.3. The van der Waals surface area contributed by atoms with Crippen LogP contribution in [0.15, 0.2) is 27.8 Å². The van der Waals surface area contributed by atoms with Gasteiger partial charge in [-0.2, -0.15) is 0 Å². The molecule has 0 fully saturated rings. The van der Waals surface area contributed by atoms with Crippen LogP contribution in [0.1, 0.15) is 10.5 Å². The molecule has 0 amide bonds. The monoisotopic (exact) mass is 282 g/mol. The predicted molar refractivity (Wildman–Crippen MR) is 62.8 cm³/mol. The molecule has 2 rings (SSSR count). The van der Waals surface area contributed by atoms with Crippen molar-refractivity contribution in [1.29, 1.82) is 0 Å². The third-order valence-corrected chi connectivity index (χ3v) is 2.63. The zero-order valence-corrected chi connectivity index (χ0v) is 9.87. The van der Waals surface area contributed by atoms with Crippen LogP contribution >= 0.6 is 15.9 Å². The number of nitrogens with one attached hydrogen (secondary N) is 1. The van der Waals surface area contributed by atoms with Gasteiger partial charge in [0.1, 0.15) is 11.4 Å². The number of halogens is 1. The summed E-state index contributed by atoms with van der Waals surface area (Å²) in [4.78, 5) is 24.7. The van der Waals surface area contributed by atoms with Crippen LogP contribution in [-0.4, -0.2) is 18.1 Å². The van der Waals surface area contributed by atoms with Crippen molar-refractivity contribution in [1.82, 2.24) is 4.98 Å². The van der Waals surface area contributed by atoms with E-state index in [1.54, 1.807) is 18.2 Å². The number of fused-ring (bicyclic) bond motifs is 1. The number of hydrogen-bond donors (Lipinski definition) is 1.